The van der Waals surface area contributed by atoms with Gasteiger partial charge < -0.3 is 15.2 Å². The molecule has 1 fully saturated rings. The van der Waals surface area contributed by atoms with Crippen LogP contribution in [0.4, 0.5) is 16.8 Å². The summed E-state index contributed by atoms with van der Waals surface area (Å²) in [7, 11) is 1.92. The lowest BCUT2D eigenvalue weighted by Crippen LogP contribution is -2.17. The van der Waals surface area contributed by atoms with E-state index in [2.05, 4.69) is 31.6 Å². The van der Waals surface area contributed by atoms with Crippen molar-refractivity contribution in [2.45, 2.75) is 39.2 Å². The number of aromatic nitrogens is 6. The molecule has 29 heavy (non-hydrogen) atoms. The van der Waals surface area contributed by atoms with E-state index in [0.29, 0.717) is 12.0 Å². The first kappa shape index (κ1) is 18.1. The minimum atomic E-state index is 0.429. The molecule has 0 radical (unpaired) electrons. The summed E-state index contributed by atoms with van der Waals surface area (Å²) in [6.07, 6.45) is 9.45. The van der Waals surface area contributed by atoms with Crippen LogP contribution in [0.25, 0.3) is 16.7 Å². The van der Waals surface area contributed by atoms with Gasteiger partial charge in [-0.05, 0) is 55.8 Å². The highest BCUT2D eigenvalue weighted by Crippen LogP contribution is 2.32. The zero-order valence-corrected chi connectivity index (χ0v) is 17.6. The Bertz CT molecular complexity index is 1160. The summed E-state index contributed by atoms with van der Waals surface area (Å²) in [5.41, 5.74) is 3.84. The van der Waals surface area contributed by atoms with Gasteiger partial charge in [0, 0.05) is 25.5 Å². The predicted octanol–water partition coefficient (Wildman–Crippen LogP) is 4.26. The van der Waals surface area contributed by atoms with E-state index in [1.165, 1.54) is 18.0 Å². The number of fused-ring (bicyclic) bond motifs is 1. The number of anilines is 3. The second-order valence-electron chi connectivity index (χ2n) is 7.90. The average Bonchev–Trinajstić information content (AvgIpc) is 3.44. The maximum absolute atomic E-state index is 4.86. The smallest absolute Gasteiger partial charge is 0.230 e. The number of hydrogen-bond donors (Lipinski definition) is 2. The monoisotopic (exact) mass is 408 g/mol. The Balaban J connectivity index is 1.58. The zero-order chi connectivity index (χ0) is 20.0. The lowest BCUT2D eigenvalue weighted by molar-refractivity contribution is 0.602. The molecule has 0 aliphatic heterocycles. The molecule has 1 saturated carbocycles. The SMILES string of the molecule is Cc1cc(Nc2nc(N[C@H]3CC[C@@H](C)C3)c3c(ccn3-c3cnn(C)c3)n2)sn1. The van der Waals surface area contributed by atoms with E-state index in [4.69, 9.17) is 9.97 Å². The molecule has 8 nitrogen and oxygen atoms in total. The molecule has 1 aliphatic carbocycles. The number of nitrogens with zero attached hydrogens (tertiary/aromatic N) is 6. The van der Waals surface area contributed by atoms with Crippen LogP contribution in [0.15, 0.2) is 30.7 Å². The molecule has 4 aromatic rings. The first-order chi connectivity index (χ1) is 14.0. The van der Waals surface area contributed by atoms with Crippen molar-refractivity contribution in [3.05, 3.63) is 36.4 Å². The van der Waals surface area contributed by atoms with Crippen molar-refractivity contribution >= 4 is 39.3 Å². The van der Waals surface area contributed by atoms with E-state index < -0.39 is 0 Å². The first-order valence-electron chi connectivity index (χ1n) is 9.90. The van der Waals surface area contributed by atoms with Crippen LogP contribution in [-0.4, -0.2) is 34.7 Å². The fourth-order valence-electron chi connectivity index (χ4n) is 4.01. The molecule has 5 rings (SSSR count). The molecule has 0 aromatic carbocycles. The molecule has 9 heteroatoms. The Morgan fingerprint density at radius 2 is 2.14 bits per heavy atom. The van der Waals surface area contributed by atoms with Crippen LogP contribution in [0.3, 0.4) is 0 Å². The predicted molar refractivity (Wildman–Crippen MR) is 116 cm³/mol. The zero-order valence-electron chi connectivity index (χ0n) is 16.8. The summed E-state index contributed by atoms with van der Waals surface area (Å²) in [6.45, 7) is 4.29. The quantitative estimate of drug-likeness (QED) is 0.513. The number of rotatable bonds is 5. The Labute approximate surface area is 173 Å². The first-order valence-corrected chi connectivity index (χ1v) is 10.7. The Kier molecular flexibility index (Phi) is 4.46. The van der Waals surface area contributed by atoms with Crippen LogP contribution in [0.1, 0.15) is 31.9 Å². The van der Waals surface area contributed by atoms with Crippen LogP contribution in [0.5, 0.6) is 0 Å². The minimum absolute atomic E-state index is 0.429. The van der Waals surface area contributed by atoms with Crippen LogP contribution in [0.2, 0.25) is 0 Å². The molecule has 4 aromatic heterocycles. The van der Waals surface area contributed by atoms with Crippen molar-refractivity contribution in [2.24, 2.45) is 13.0 Å². The van der Waals surface area contributed by atoms with Crippen molar-refractivity contribution in [3.63, 3.8) is 0 Å². The van der Waals surface area contributed by atoms with E-state index in [1.54, 1.807) is 4.68 Å². The molecule has 0 unspecified atom stereocenters. The van der Waals surface area contributed by atoms with Crippen LogP contribution >= 0.6 is 11.5 Å². The lowest BCUT2D eigenvalue weighted by atomic mass is 10.1. The Hall–Kier alpha value is -2.94. The van der Waals surface area contributed by atoms with Crippen molar-refractivity contribution in [1.82, 2.24) is 28.7 Å². The maximum Gasteiger partial charge on any atom is 0.230 e. The van der Waals surface area contributed by atoms with Crippen molar-refractivity contribution < 1.29 is 0 Å². The summed E-state index contributed by atoms with van der Waals surface area (Å²) in [5.74, 6) is 2.18. The van der Waals surface area contributed by atoms with E-state index in [-0.39, 0.29) is 0 Å². The largest absolute Gasteiger partial charge is 0.365 e. The van der Waals surface area contributed by atoms with Crippen molar-refractivity contribution in [1.29, 1.82) is 0 Å². The third-order valence-electron chi connectivity index (χ3n) is 5.40. The van der Waals surface area contributed by atoms with E-state index in [0.717, 1.165) is 52.0 Å². The molecule has 0 amide bonds. The minimum Gasteiger partial charge on any atom is -0.365 e. The summed E-state index contributed by atoms with van der Waals surface area (Å²) in [6, 6.07) is 4.46. The van der Waals surface area contributed by atoms with Gasteiger partial charge >= 0.3 is 0 Å². The molecule has 2 atom stereocenters. The highest BCUT2D eigenvalue weighted by molar-refractivity contribution is 7.10. The van der Waals surface area contributed by atoms with Crippen molar-refractivity contribution in [2.75, 3.05) is 10.6 Å². The lowest BCUT2D eigenvalue weighted by Gasteiger charge is -2.16. The van der Waals surface area contributed by atoms with Crippen LogP contribution < -0.4 is 10.6 Å². The highest BCUT2D eigenvalue weighted by Gasteiger charge is 2.24. The maximum atomic E-state index is 4.86. The average molecular weight is 409 g/mol. The van der Waals surface area contributed by atoms with Gasteiger partial charge in [-0.1, -0.05) is 6.92 Å². The Morgan fingerprint density at radius 3 is 2.83 bits per heavy atom. The van der Waals surface area contributed by atoms with Gasteiger partial charge in [-0.25, -0.2) is 4.98 Å². The summed E-state index contributed by atoms with van der Waals surface area (Å²) < 4.78 is 8.23. The van der Waals surface area contributed by atoms with E-state index >= 15 is 0 Å². The van der Waals surface area contributed by atoms with Gasteiger partial charge in [0.05, 0.1) is 23.1 Å². The van der Waals surface area contributed by atoms with Gasteiger partial charge in [-0.15, -0.1) is 0 Å². The molecular formula is C20H24N8S. The molecule has 0 bridgehead atoms. The Morgan fingerprint density at radius 1 is 1.24 bits per heavy atom. The second kappa shape index (κ2) is 7.14. The summed E-state index contributed by atoms with van der Waals surface area (Å²) in [5, 5.41) is 12.3. The van der Waals surface area contributed by atoms with Gasteiger partial charge in [-0.3, -0.25) is 4.68 Å². The summed E-state index contributed by atoms with van der Waals surface area (Å²) >= 11 is 1.42. The standard InChI is InChI=1S/C20H24N8S/c1-12-4-5-14(8-12)22-19-18-16(6-7-28(18)15-10-21-27(3)11-15)23-20(25-19)24-17-9-13(2)26-29-17/h6-7,9-12,14H,4-5,8H2,1-3H3,(H2,22,23,24,25)/t12-,14+/m1/s1. The molecule has 4 heterocycles. The number of hydrogen-bond acceptors (Lipinski definition) is 7. The third-order valence-corrected chi connectivity index (χ3v) is 6.20. The fraction of sp³-hybridized carbons (Fsp3) is 0.400. The number of nitrogens with one attached hydrogen (secondary N) is 2. The van der Waals surface area contributed by atoms with Gasteiger partial charge in [0.1, 0.15) is 10.5 Å². The van der Waals surface area contributed by atoms with Crippen LogP contribution in [0, 0.1) is 12.8 Å². The van der Waals surface area contributed by atoms with Crippen LogP contribution in [-0.2, 0) is 7.05 Å². The van der Waals surface area contributed by atoms with E-state index in [1.807, 2.05) is 44.7 Å². The van der Waals surface area contributed by atoms with Gasteiger partial charge in [0.15, 0.2) is 5.82 Å². The molecule has 0 spiro atoms. The molecule has 2 N–H and O–H groups in total. The second-order valence-corrected chi connectivity index (χ2v) is 8.71. The van der Waals surface area contributed by atoms with Gasteiger partial charge in [-0.2, -0.15) is 14.5 Å². The van der Waals surface area contributed by atoms with Crippen molar-refractivity contribution in [3.8, 4) is 5.69 Å². The van der Waals surface area contributed by atoms with Gasteiger partial charge in [0.2, 0.25) is 5.95 Å². The van der Waals surface area contributed by atoms with E-state index in [9.17, 15) is 0 Å². The highest BCUT2D eigenvalue weighted by atomic mass is 32.1. The topological polar surface area (TPSA) is 85.5 Å². The fourth-order valence-corrected chi connectivity index (χ4v) is 4.67. The summed E-state index contributed by atoms with van der Waals surface area (Å²) in [4.78, 5) is 9.61. The normalized spacial score (nSPS) is 19.1. The third kappa shape index (κ3) is 3.57. The molecular weight excluding hydrogens is 384 g/mol. The molecule has 1 aliphatic rings. The molecule has 150 valence electrons. The van der Waals surface area contributed by atoms with Gasteiger partial charge in [0.25, 0.3) is 0 Å². The number of aryl methyl sites for hydroxylation is 2. The molecule has 0 saturated heterocycles.